The normalized spacial score (nSPS) is 10.7. The molecule has 2 aromatic rings. The molecule has 0 atom stereocenters. The molecule has 5 nitrogen and oxygen atoms in total. The molecule has 0 unspecified atom stereocenters. The highest BCUT2D eigenvalue weighted by molar-refractivity contribution is 7.18. The van der Waals surface area contributed by atoms with Crippen molar-refractivity contribution in [1.29, 1.82) is 0 Å². The third-order valence-electron chi connectivity index (χ3n) is 3.36. The summed E-state index contributed by atoms with van der Waals surface area (Å²) in [6, 6.07) is 7.64. The topological polar surface area (TPSA) is 64.6 Å². The molecule has 0 spiro atoms. The summed E-state index contributed by atoms with van der Waals surface area (Å²) in [4.78, 5) is 24.3. The summed E-state index contributed by atoms with van der Waals surface area (Å²) < 4.78 is 34.4. The third-order valence-corrected chi connectivity index (χ3v) is 4.63. The number of ether oxygens (including phenoxy) is 2. The Morgan fingerprint density at radius 2 is 1.96 bits per heavy atom. The molecule has 0 radical (unpaired) electrons. The Morgan fingerprint density at radius 1 is 1.19 bits per heavy atom. The predicted octanol–water partition coefficient (Wildman–Crippen LogP) is 4.29. The maximum absolute atomic E-state index is 12.3. The molecule has 0 bridgehead atoms. The molecule has 26 heavy (non-hydrogen) atoms. The Bertz CT molecular complexity index is 782. The number of rotatable bonds is 9. The van der Waals surface area contributed by atoms with Gasteiger partial charge in [-0.25, -0.2) is 0 Å². The van der Waals surface area contributed by atoms with Gasteiger partial charge in [0.2, 0.25) is 5.91 Å². The Kier molecular flexibility index (Phi) is 7.35. The summed E-state index contributed by atoms with van der Waals surface area (Å²) in [5, 5.41) is 2.66. The zero-order chi connectivity index (χ0) is 19.1. The Morgan fingerprint density at radius 3 is 2.58 bits per heavy atom. The number of benzene rings is 1. The van der Waals surface area contributed by atoms with E-state index in [1.54, 1.807) is 18.2 Å². The maximum atomic E-state index is 12.3. The van der Waals surface area contributed by atoms with E-state index >= 15 is 0 Å². The van der Waals surface area contributed by atoms with E-state index in [2.05, 4.69) is 10.1 Å². The lowest BCUT2D eigenvalue weighted by Gasteiger charge is -2.12. The Labute approximate surface area is 157 Å². The first-order valence-corrected chi connectivity index (χ1v) is 8.75. The fourth-order valence-corrected chi connectivity index (χ4v) is 3.13. The van der Waals surface area contributed by atoms with Crippen LogP contribution in [0.4, 0.5) is 8.78 Å². The summed E-state index contributed by atoms with van der Waals surface area (Å²) in [7, 11) is 1.33. The van der Waals surface area contributed by atoms with E-state index in [1.807, 2.05) is 0 Å². The van der Waals surface area contributed by atoms with Gasteiger partial charge in [-0.1, -0.05) is 17.7 Å². The first kappa shape index (κ1) is 20.1. The van der Waals surface area contributed by atoms with Crippen molar-refractivity contribution in [3.05, 3.63) is 45.1 Å². The van der Waals surface area contributed by atoms with Crippen molar-refractivity contribution in [3.63, 3.8) is 0 Å². The molecule has 140 valence electrons. The van der Waals surface area contributed by atoms with Crippen molar-refractivity contribution in [3.8, 4) is 11.5 Å². The second-order valence-electron chi connectivity index (χ2n) is 5.17. The molecule has 9 heteroatoms. The molecule has 0 aliphatic carbocycles. The number of alkyl halides is 2. The molecule has 1 N–H and O–H groups in total. The first-order chi connectivity index (χ1) is 12.4. The zero-order valence-electron chi connectivity index (χ0n) is 13.8. The summed E-state index contributed by atoms with van der Waals surface area (Å²) in [6.07, 6.45) is 0.116. The van der Waals surface area contributed by atoms with Gasteiger partial charge in [0.05, 0.1) is 16.3 Å². The van der Waals surface area contributed by atoms with Gasteiger partial charge < -0.3 is 14.8 Å². The minimum absolute atomic E-state index is 0.0397. The van der Waals surface area contributed by atoms with Crippen LogP contribution in [0.3, 0.4) is 0 Å². The highest BCUT2D eigenvalue weighted by atomic mass is 35.5. The quantitative estimate of drug-likeness (QED) is 0.634. The maximum Gasteiger partial charge on any atom is 0.387 e. The smallest absolute Gasteiger partial charge is 0.387 e. The van der Waals surface area contributed by atoms with Gasteiger partial charge >= 0.3 is 6.61 Å². The van der Waals surface area contributed by atoms with Crippen LogP contribution in [0.5, 0.6) is 11.5 Å². The average molecular weight is 404 g/mol. The fraction of sp³-hybridized carbons (Fsp3) is 0.294. The number of Topliss-reactive ketones (excluding diaryl/α,β-unsaturated/α-hetero) is 1. The van der Waals surface area contributed by atoms with E-state index in [0.717, 1.165) is 0 Å². The summed E-state index contributed by atoms with van der Waals surface area (Å²) in [5.74, 6) is -0.389. The molecule has 1 heterocycles. The van der Waals surface area contributed by atoms with Crippen molar-refractivity contribution < 1.29 is 27.8 Å². The van der Waals surface area contributed by atoms with Crippen molar-refractivity contribution in [1.82, 2.24) is 5.32 Å². The minimum Gasteiger partial charge on any atom is -0.493 e. The zero-order valence-corrected chi connectivity index (χ0v) is 15.3. The summed E-state index contributed by atoms with van der Waals surface area (Å²) >= 11 is 6.95. The molecule has 0 aliphatic rings. The van der Waals surface area contributed by atoms with Crippen LogP contribution in [-0.2, 0) is 11.3 Å². The number of hydrogen-bond acceptors (Lipinski definition) is 5. The largest absolute Gasteiger partial charge is 0.493 e. The number of halogens is 3. The van der Waals surface area contributed by atoms with E-state index in [0.29, 0.717) is 14.8 Å². The minimum atomic E-state index is -2.95. The van der Waals surface area contributed by atoms with E-state index in [9.17, 15) is 18.4 Å². The lowest BCUT2D eigenvalue weighted by molar-refractivity contribution is -0.121. The summed E-state index contributed by atoms with van der Waals surface area (Å²) in [5.41, 5.74) is 0.646. The van der Waals surface area contributed by atoms with Crippen LogP contribution >= 0.6 is 22.9 Å². The van der Waals surface area contributed by atoms with Gasteiger partial charge in [-0.3, -0.25) is 9.59 Å². The van der Waals surface area contributed by atoms with Crippen LogP contribution < -0.4 is 14.8 Å². The van der Waals surface area contributed by atoms with Crippen LogP contribution in [0, 0.1) is 0 Å². The van der Waals surface area contributed by atoms with Gasteiger partial charge in [-0.2, -0.15) is 8.78 Å². The number of hydrogen-bond donors (Lipinski definition) is 1. The van der Waals surface area contributed by atoms with Gasteiger partial charge in [0.25, 0.3) is 0 Å². The average Bonchev–Trinajstić information content (AvgIpc) is 3.04. The molecular weight excluding hydrogens is 388 g/mol. The van der Waals surface area contributed by atoms with E-state index < -0.39 is 6.61 Å². The highest BCUT2D eigenvalue weighted by Gasteiger charge is 2.13. The van der Waals surface area contributed by atoms with Crippen LogP contribution in [0.1, 0.15) is 28.1 Å². The predicted molar refractivity (Wildman–Crippen MR) is 94.4 cm³/mol. The number of methoxy groups -OCH3 is 1. The Balaban J connectivity index is 1.84. The number of thiophene rings is 1. The molecular formula is C17H16ClF2NO4S. The lowest BCUT2D eigenvalue weighted by atomic mass is 10.1. The van der Waals surface area contributed by atoms with Crippen molar-refractivity contribution in [2.75, 3.05) is 7.11 Å². The van der Waals surface area contributed by atoms with Gasteiger partial charge in [0, 0.05) is 19.4 Å². The fourth-order valence-electron chi connectivity index (χ4n) is 2.12. The summed E-state index contributed by atoms with van der Waals surface area (Å²) in [6.45, 7) is -2.78. The second kappa shape index (κ2) is 9.49. The molecule has 1 aromatic heterocycles. The number of amides is 1. The van der Waals surface area contributed by atoms with Crippen molar-refractivity contribution in [2.45, 2.75) is 26.0 Å². The van der Waals surface area contributed by atoms with E-state index in [4.69, 9.17) is 16.3 Å². The van der Waals surface area contributed by atoms with Gasteiger partial charge in [-0.15, -0.1) is 11.3 Å². The third kappa shape index (κ3) is 5.96. The SMILES string of the molecule is COc1cc(CNC(=O)CCC(=O)c2ccc(Cl)s2)ccc1OC(F)F. The lowest BCUT2D eigenvalue weighted by Crippen LogP contribution is -2.23. The van der Waals surface area contributed by atoms with Gasteiger partial charge in [0.1, 0.15) is 0 Å². The van der Waals surface area contributed by atoms with E-state index in [-0.39, 0.29) is 42.6 Å². The number of carbonyl (C=O) groups is 2. The molecule has 1 aromatic carbocycles. The standard InChI is InChI=1S/C17H16ClF2NO4S/c1-24-13-8-10(2-4-12(13)25-17(19)20)9-21-16(23)7-3-11(22)14-5-6-15(18)26-14/h2,4-6,8,17H,3,7,9H2,1H3,(H,21,23). The Hall–Kier alpha value is -2.19. The molecule has 0 saturated heterocycles. The number of ketones is 1. The van der Waals surface area contributed by atoms with Gasteiger partial charge in [0.15, 0.2) is 17.3 Å². The molecule has 0 aliphatic heterocycles. The number of nitrogens with one attached hydrogen (secondary N) is 1. The van der Waals surface area contributed by atoms with Crippen molar-refractivity contribution in [2.24, 2.45) is 0 Å². The van der Waals surface area contributed by atoms with Gasteiger partial charge in [-0.05, 0) is 29.8 Å². The second-order valence-corrected chi connectivity index (χ2v) is 6.88. The molecule has 0 saturated carbocycles. The van der Waals surface area contributed by atoms with E-state index in [1.165, 1.54) is 30.6 Å². The highest BCUT2D eigenvalue weighted by Crippen LogP contribution is 2.29. The van der Waals surface area contributed by atoms with Crippen LogP contribution in [0.15, 0.2) is 30.3 Å². The van der Waals surface area contributed by atoms with Crippen LogP contribution in [0.25, 0.3) is 0 Å². The number of carbonyl (C=O) groups excluding carboxylic acids is 2. The molecule has 2 rings (SSSR count). The molecule has 0 fully saturated rings. The molecule has 1 amide bonds. The van der Waals surface area contributed by atoms with Crippen molar-refractivity contribution >= 4 is 34.6 Å². The van der Waals surface area contributed by atoms with Crippen LogP contribution in [-0.4, -0.2) is 25.4 Å². The first-order valence-electron chi connectivity index (χ1n) is 7.56. The van der Waals surface area contributed by atoms with Crippen LogP contribution in [0.2, 0.25) is 4.34 Å². The monoisotopic (exact) mass is 403 g/mol.